The molecular formula is C22H30N2O6. The van der Waals surface area contributed by atoms with Gasteiger partial charge in [0.15, 0.2) is 0 Å². The third-order valence-electron chi connectivity index (χ3n) is 5.79. The highest BCUT2D eigenvalue weighted by Gasteiger charge is 2.60. The molecule has 1 saturated heterocycles. The van der Waals surface area contributed by atoms with Crippen LogP contribution in [0.3, 0.4) is 0 Å². The van der Waals surface area contributed by atoms with Crippen LogP contribution in [0.25, 0.3) is 0 Å². The minimum Gasteiger partial charge on any atom is -0.480 e. The number of ether oxygens (including phenoxy) is 2. The largest absolute Gasteiger partial charge is 0.480 e. The Labute approximate surface area is 176 Å². The highest BCUT2D eigenvalue weighted by molar-refractivity contribution is 5.86. The van der Waals surface area contributed by atoms with Crippen molar-refractivity contribution in [2.45, 2.75) is 64.2 Å². The fourth-order valence-corrected chi connectivity index (χ4v) is 4.32. The van der Waals surface area contributed by atoms with Crippen molar-refractivity contribution in [3.8, 4) is 0 Å². The molecule has 0 bridgehead atoms. The lowest BCUT2D eigenvalue weighted by atomic mass is 9.53. The molecule has 0 radical (unpaired) electrons. The Morgan fingerprint density at radius 3 is 2.23 bits per heavy atom. The van der Waals surface area contributed by atoms with E-state index in [0.717, 1.165) is 5.56 Å². The van der Waals surface area contributed by atoms with Gasteiger partial charge in [-0.05, 0) is 57.4 Å². The number of likely N-dealkylation sites (tertiary alicyclic amines) is 1. The minimum atomic E-state index is -1.32. The van der Waals surface area contributed by atoms with Gasteiger partial charge in [0.2, 0.25) is 0 Å². The van der Waals surface area contributed by atoms with E-state index >= 15 is 0 Å². The molecular weight excluding hydrogens is 388 g/mol. The number of carbonyl (C=O) groups is 3. The summed E-state index contributed by atoms with van der Waals surface area (Å²) < 4.78 is 10.6. The molecule has 2 aliphatic rings. The fourth-order valence-electron chi connectivity index (χ4n) is 4.32. The van der Waals surface area contributed by atoms with Crippen LogP contribution in [0.4, 0.5) is 9.59 Å². The monoisotopic (exact) mass is 418 g/mol. The lowest BCUT2D eigenvalue weighted by molar-refractivity contribution is -0.159. The van der Waals surface area contributed by atoms with Gasteiger partial charge in [-0.3, -0.25) is 0 Å². The number of rotatable bonds is 4. The molecule has 2 fully saturated rings. The van der Waals surface area contributed by atoms with Crippen LogP contribution in [0.5, 0.6) is 0 Å². The van der Waals surface area contributed by atoms with Crippen LogP contribution in [-0.4, -0.2) is 52.4 Å². The van der Waals surface area contributed by atoms with Gasteiger partial charge in [0.05, 0.1) is 0 Å². The lowest BCUT2D eigenvalue weighted by Gasteiger charge is -2.56. The van der Waals surface area contributed by atoms with E-state index in [1.54, 1.807) is 4.90 Å². The van der Waals surface area contributed by atoms with Crippen molar-refractivity contribution in [1.29, 1.82) is 0 Å². The number of alkyl carbamates (subject to hydrolysis) is 1. The van der Waals surface area contributed by atoms with Crippen molar-refractivity contribution >= 4 is 18.2 Å². The van der Waals surface area contributed by atoms with Crippen LogP contribution in [-0.2, 0) is 20.9 Å². The van der Waals surface area contributed by atoms with Crippen molar-refractivity contribution < 1.29 is 29.0 Å². The van der Waals surface area contributed by atoms with Crippen LogP contribution in [0.1, 0.15) is 52.0 Å². The molecule has 1 heterocycles. The summed E-state index contributed by atoms with van der Waals surface area (Å²) in [5.74, 6) is -1.06. The smallest absolute Gasteiger partial charge is 0.410 e. The zero-order chi connectivity index (χ0) is 22.0. The summed E-state index contributed by atoms with van der Waals surface area (Å²) in [6.07, 6.45) is 0.950. The molecule has 8 nitrogen and oxygen atoms in total. The number of aliphatic carboxylic acids is 1. The van der Waals surface area contributed by atoms with Gasteiger partial charge in [-0.2, -0.15) is 0 Å². The molecule has 0 aromatic heterocycles. The fraction of sp³-hybridized carbons (Fsp3) is 0.591. The van der Waals surface area contributed by atoms with Crippen molar-refractivity contribution in [1.82, 2.24) is 10.2 Å². The Morgan fingerprint density at radius 2 is 1.70 bits per heavy atom. The summed E-state index contributed by atoms with van der Waals surface area (Å²) in [6.45, 7) is 6.59. The maximum Gasteiger partial charge on any atom is 0.410 e. The summed E-state index contributed by atoms with van der Waals surface area (Å²) >= 11 is 0. The van der Waals surface area contributed by atoms with Crippen LogP contribution in [0.15, 0.2) is 30.3 Å². The third-order valence-corrected chi connectivity index (χ3v) is 5.79. The van der Waals surface area contributed by atoms with Gasteiger partial charge >= 0.3 is 18.2 Å². The van der Waals surface area contributed by atoms with E-state index in [2.05, 4.69) is 5.32 Å². The van der Waals surface area contributed by atoms with E-state index in [1.807, 2.05) is 51.1 Å². The Morgan fingerprint density at radius 1 is 1.10 bits per heavy atom. The van der Waals surface area contributed by atoms with Crippen LogP contribution < -0.4 is 5.32 Å². The first-order valence-corrected chi connectivity index (χ1v) is 10.2. The first kappa shape index (κ1) is 21.9. The molecule has 30 heavy (non-hydrogen) atoms. The molecule has 0 unspecified atom stereocenters. The second-order valence-corrected chi connectivity index (χ2v) is 9.39. The molecule has 1 aliphatic heterocycles. The predicted octanol–water partition coefficient (Wildman–Crippen LogP) is 3.55. The zero-order valence-corrected chi connectivity index (χ0v) is 17.8. The maximum absolute atomic E-state index is 12.2. The van der Waals surface area contributed by atoms with E-state index in [1.165, 1.54) is 0 Å². The van der Waals surface area contributed by atoms with Gasteiger partial charge < -0.3 is 24.8 Å². The molecule has 1 aromatic rings. The van der Waals surface area contributed by atoms with Gasteiger partial charge in [-0.15, -0.1) is 0 Å². The summed E-state index contributed by atoms with van der Waals surface area (Å²) in [5, 5.41) is 12.3. The number of carbonyl (C=O) groups excluding carboxylic acids is 2. The number of carboxylic acid groups (broad SMARTS) is 1. The predicted molar refractivity (Wildman–Crippen MR) is 109 cm³/mol. The molecule has 2 amide bonds. The van der Waals surface area contributed by atoms with Crippen LogP contribution >= 0.6 is 0 Å². The number of nitrogens with zero attached hydrogens (tertiary/aromatic N) is 1. The Kier molecular flexibility index (Phi) is 5.97. The molecule has 8 heteroatoms. The normalized spacial score (nSPS) is 19.5. The summed E-state index contributed by atoms with van der Waals surface area (Å²) in [6, 6.07) is 9.21. The average molecular weight is 418 g/mol. The van der Waals surface area contributed by atoms with E-state index in [-0.39, 0.29) is 18.1 Å². The van der Waals surface area contributed by atoms with E-state index in [4.69, 9.17) is 9.47 Å². The highest BCUT2D eigenvalue weighted by Crippen LogP contribution is 2.55. The molecule has 0 atom stereocenters. The minimum absolute atomic E-state index is 0.0817. The maximum atomic E-state index is 12.2. The zero-order valence-electron chi connectivity index (χ0n) is 17.8. The van der Waals surface area contributed by atoms with E-state index in [9.17, 15) is 19.5 Å². The number of benzene rings is 1. The molecule has 1 saturated carbocycles. The number of piperidine rings is 1. The standard InChI is InChI=1S/C22H30N2O6/c1-20(2,3)30-19(28)24-11-9-21(10-12-24)14-22(15-21,17(25)26)23-18(27)29-13-16-7-5-4-6-8-16/h4-8H,9-15H2,1-3H3,(H,23,27)(H,25,26). The summed E-state index contributed by atoms with van der Waals surface area (Å²) in [4.78, 5) is 38.0. The van der Waals surface area contributed by atoms with Crippen molar-refractivity contribution in [3.05, 3.63) is 35.9 Å². The third kappa shape index (κ3) is 5.04. The molecule has 2 N–H and O–H groups in total. The molecule has 1 aromatic carbocycles. The Hall–Kier alpha value is -2.77. The number of nitrogens with one attached hydrogen (secondary N) is 1. The SMILES string of the molecule is CC(C)(C)OC(=O)N1CCC2(CC1)CC(NC(=O)OCc1ccccc1)(C(=O)O)C2. The number of amides is 2. The molecule has 3 rings (SSSR count). The second kappa shape index (κ2) is 8.16. The van der Waals surface area contributed by atoms with Crippen LogP contribution in [0, 0.1) is 5.41 Å². The Bertz CT molecular complexity index is 786. The Balaban J connectivity index is 1.51. The number of carboxylic acids is 1. The summed E-state index contributed by atoms with van der Waals surface area (Å²) in [5.41, 5.74) is -1.23. The van der Waals surface area contributed by atoms with Crippen molar-refractivity contribution in [2.75, 3.05) is 13.1 Å². The average Bonchev–Trinajstić information content (AvgIpc) is 2.65. The molecule has 1 aliphatic carbocycles. The topological polar surface area (TPSA) is 105 Å². The molecule has 164 valence electrons. The van der Waals surface area contributed by atoms with Crippen molar-refractivity contribution in [2.24, 2.45) is 5.41 Å². The molecule has 1 spiro atoms. The van der Waals surface area contributed by atoms with E-state index < -0.39 is 23.2 Å². The van der Waals surface area contributed by atoms with Gasteiger partial charge in [-0.25, -0.2) is 14.4 Å². The first-order valence-electron chi connectivity index (χ1n) is 10.2. The van der Waals surface area contributed by atoms with Gasteiger partial charge in [0.1, 0.15) is 17.7 Å². The van der Waals surface area contributed by atoms with Crippen LogP contribution in [0.2, 0.25) is 0 Å². The quantitative estimate of drug-likeness (QED) is 0.775. The lowest BCUT2D eigenvalue weighted by Crippen LogP contribution is -2.68. The second-order valence-electron chi connectivity index (χ2n) is 9.39. The van der Waals surface area contributed by atoms with Gasteiger partial charge in [0, 0.05) is 13.1 Å². The first-order chi connectivity index (χ1) is 14.0. The highest BCUT2D eigenvalue weighted by atomic mass is 16.6. The van der Waals surface area contributed by atoms with Gasteiger partial charge in [-0.1, -0.05) is 30.3 Å². The van der Waals surface area contributed by atoms with Gasteiger partial charge in [0.25, 0.3) is 0 Å². The van der Waals surface area contributed by atoms with E-state index in [0.29, 0.717) is 38.8 Å². The number of hydrogen-bond acceptors (Lipinski definition) is 5. The number of hydrogen-bond donors (Lipinski definition) is 2. The van der Waals surface area contributed by atoms with Crippen molar-refractivity contribution in [3.63, 3.8) is 0 Å². The summed E-state index contributed by atoms with van der Waals surface area (Å²) in [7, 11) is 0.